The molecule has 3 rings (SSSR count). The van der Waals surface area contributed by atoms with E-state index in [1.807, 2.05) is 30.3 Å². The Labute approximate surface area is 129 Å². The first-order valence-electron chi connectivity index (χ1n) is 7.48. The fourth-order valence-corrected chi connectivity index (χ4v) is 2.51. The van der Waals surface area contributed by atoms with E-state index < -0.39 is 0 Å². The molecule has 0 N–H and O–H groups in total. The topological polar surface area (TPSA) is 46.1 Å². The number of carbonyl (C=O) groups is 1. The van der Waals surface area contributed by atoms with Crippen molar-refractivity contribution in [1.82, 2.24) is 14.9 Å². The van der Waals surface area contributed by atoms with E-state index in [9.17, 15) is 4.79 Å². The second-order valence-corrected chi connectivity index (χ2v) is 5.61. The maximum atomic E-state index is 12.1. The number of nitrogens with zero attached hydrogens (tertiary/aromatic N) is 3. The molecule has 1 aromatic carbocycles. The number of hydrogen-bond donors (Lipinski definition) is 0. The summed E-state index contributed by atoms with van der Waals surface area (Å²) in [5, 5.41) is 1.96. The van der Waals surface area contributed by atoms with Crippen molar-refractivity contribution in [3.8, 4) is 11.4 Å². The van der Waals surface area contributed by atoms with Crippen molar-refractivity contribution >= 4 is 18.1 Å². The monoisotopic (exact) mass is 293 g/mol. The number of amides is 1. The van der Waals surface area contributed by atoms with Gasteiger partial charge in [-0.3, -0.25) is 4.79 Å². The predicted molar refractivity (Wildman–Crippen MR) is 87.3 cm³/mol. The third-order valence-corrected chi connectivity index (χ3v) is 3.76. The standard InChI is InChI=1S/C18H19N3O/c1-21(2)17(22)12-16-14-10-6-7-11-15(14)19-18(20-16)13-8-4-3-5-9-13/h3-5,8-11H,6-7,12H2,1-2H3. The number of hydrogen-bond acceptors (Lipinski definition) is 3. The number of rotatable bonds is 3. The van der Waals surface area contributed by atoms with Crippen LogP contribution in [0.2, 0.25) is 0 Å². The molecule has 0 radical (unpaired) electrons. The molecule has 0 saturated carbocycles. The normalized spacial score (nSPS) is 12.8. The van der Waals surface area contributed by atoms with Gasteiger partial charge in [-0.05, 0) is 12.8 Å². The molecule has 1 amide bonds. The van der Waals surface area contributed by atoms with E-state index in [0.717, 1.165) is 34.7 Å². The Morgan fingerprint density at radius 2 is 1.82 bits per heavy atom. The van der Waals surface area contributed by atoms with E-state index >= 15 is 0 Å². The van der Waals surface area contributed by atoms with Gasteiger partial charge in [-0.2, -0.15) is 0 Å². The molecule has 2 aromatic rings. The number of fused-ring (bicyclic) bond motifs is 1. The van der Waals surface area contributed by atoms with Gasteiger partial charge in [0.25, 0.3) is 0 Å². The van der Waals surface area contributed by atoms with E-state index in [4.69, 9.17) is 0 Å². The smallest absolute Gasteiger partial charge is 0.228 e. The van der Waals surface area contributed by atoms with Gasteiger partial charge in [0, 0.05) is 24.9 Å². The highest BCUT2D eigenvalue weighted by atomic mass is 16.2. The summed E-state index contributed by atoms with van der Waals surface area (Å²) in [6, 6.07) is 9.90. The van der Waals surface area contributed by atoms with Crippen molar-refractivity contribution in [3.05, 3.63) is 46.6 Å². The van der Waals surface area contributed by atoms with E-state index in [-0.39, 0.29) is 5.91 Å². The van der Waals surface area contributed by atoms with Crippen LogP contribution in [0.5, 0.6) is 0 Å². The lowest BCUT2D eigenvalue weighted by atomic mass is 10.1. The van der Waals surface area contributed by atoms with Gasteiger partial charge in [0.15, 0.2) is 5.82 Å². The lowest BCUT2D eigenvalue weighted by Crippen LogP contribution is -2.37. The minimum absolute atomic E-state index is 0.0545. The Morgan fingerprint density at radius 3 is 2.55 bits per heavy atom. The summed E-state index contributed by atoms with van der Waals surface area (Å²) in [5.74, 6) is 0.742. The first kappa shape index (κ1) is 14.4. The van der Waals surface area contributed by atoms with Crippen LogP contribution in [0, 0.1) is 0 Å². The van der Waals surface area contributed by atoms with Crippen molar-refractivity contribution in [3.63, 3.8) is 0 Å². The number of carbonyl (C=O) groups excluding carboxylic acids is 1. The first-order valence-corrected chi connectivity index (χ1v) is 7.48. The molecule has 0 atom stereocenters. The zero-order valence-electron chi connectivity index (χ0n) is 12.9. The Hall–Kier alpha value is -2.49. The van der Waals surface area contributed by atoms with E-state index in [1.165, 1.54) is 0 Å². The molecule has 0 spiro atoms. The molecule has 1 aromatic heterocycles. The van der Waals surface area contributed by atoms with Crippen molar-refractivity contribution in [1.29, 1.82) is 0 Å². The SMILES string of the molecule is CN(C)C(=O)Cc1nc(-c2ccccc2)nc2c1=CCCC=2. The van der Waals surface area contributed by atoms with E-state index in [1.54, 1.807) is 19.0 Å². The molecule has 0 bridgehead atoms. The fraction of sp³-hybridized carbons (Fsp3) is 0.278. The quantitative estimate of drug-likeness (QED) is 0.852. The van der Waals surface area contributed by atoms with Gasteiger partial charge in [-0.15, -0.1) is 0 Å². The highest BCUT2D eigenvalue weighted by Crippen LogP contribution is 2.12. The van der Waals surface area contributed by atoms with Crippen LogP contribution in [0.15, 0.2) is 30.3 Å². The number of likely N-dealkylation sites (N-methyl/N-ethyl adjacent to an activating group) is 1. The Bertz CT molecular complexity index is 810. The largest absolute Gasteiger partial charge is 0.348 e. The molecule has 1 heterocycles. The summed E-state index contributed by atoms with van der Waals surface area (Å²) in [5.41, 5.74) is 1.79. The molecular weight excluding hydrogens is 274 g/mol. The van der Waals surface area contributed by atoms with Gasteiger partial charge in [0.05, 0.1) is 17.5 Å². The lowest BCUT2D eigenvalue weighted by Gasteiger charge is -2.12. The van der Waals surface area contributed by atoms with Crippen LogP contribution in [0.1, 0.15) is 18.5 Å². The molecule has 1 aliphatic carbocycles. The van der Waals surface area contributed by atoms with Crippen LogP contribution in [-0.4, -0.2) is 34.9 Å². The third-order valence-electron chi connectivity index (χ3n) is 3.76. The zero-order valence-corrected chi connectivity index (χ0v) is 12.9. The second-order valence-electron chi connectivity index (χ2n) is 5.61. The number of benzene rings is 1. The van der Waals surface area contributed by atoms with Crippen molar-refractivity contribution < 1.29 is 4.79 Å². The van der Waals surface area contributed by atoms with Crippen LogP contribution in [0.4, 0.5) is 0 Å². The minimum atomic E-state index is 0.0545. The average molecular weight is 293 g/mol. The maximum Gasteiger partial charge on any atom is 0.228 e. The molecule has 4 heteroatoms. The van der Waals surface area contributed by atoms with Crippen LogP contribution in [-0.2, 0) is 11.2 Å². The molecular formula is C18H19N3O. The molecule has 22 heavy (non-hydrogen) atoms. The average Bonchev–Trinajstić information content (AvgIpc) is 2.55. The summed E-state index contributed by atoms with van der Waals surface area (Å²) >= 11 is 0. The van der Waals surface area contributed by atoms with Gasteiger partial charge in [-0.1, -0.05) is 42.5 Å². The first-order chi connectivity index (χ1) is 10.6. The highest BCUT2D eigenvalue weighted by molar-refractivity contribution is 5.78. The van der Waals surface area contributed by atoms with Crippen molar-refractivity contribution in [2.24, 2.45) is 0 Å². The molecule has 112 valence electrons. The lowest BCUT2D eigenvalue weighted by molar-refractivity contribution is -0.128. The maximum absolute atomic E-state index is 12.1. The van der Waals surface area contributed by atoms with Crippen molar-refractivity contribution in [2.45, 2.75) is 19.3 Å². The summed E-state index contributed by atoms with van der Waals surface area (Å²) < 4.78 is 0. The fourth-order valence-electron chi connectivity index (χ4n) is 2.51. The predicted octanol–water partition coefficient (Wildman–Crippen LogP) is 1.13. The second kappa shape index (κ2) is 6.10. The van der Waals surface area contributed by atoms with Crippen LogP contribution in [0.25, 0.3) is 23.5 Å². The van der Waals surface area contributed by atoms with Crippen LogP contribution >= 0.6 is 0 Å². The van der Waals surface area contributed by atoms with Gasteiger partial charge < -0.3 is 4.90 Å². The minimum Gasteiger partial charge on any atom is -0.348 e. The molecule has 1 aliphatic rings. The molecule has 0 fully saturated rings. The number of aromatic nitrogens is 2. The zero-order chi connectivity index (χ0) is 15.5. The third kappa shape index (κ3) is 2.91. The molecule has 0 aliphatic heterocycles. The van der Waals surface area contributed by atoms with Crippen molar-refractivity contribution in [2.75, 3.05) is 14.1 Å². The Kier molecular flexibility index (Phi) is 4.00. The molecule has 4 nitrogen and oxygen atoms in total. The van der Waals surface area contributed by atoms with Crippen LogP contribution < -0.4 is 10.6 Å². The van der Waals surface area contributed by atoms with Gasteiger partial charge >= 0.3 is 0 Å². The van der Waals surface area contributed by atoms with Gasteiger partial charge in [0.1, 0.15) is 0 Å². The Balaban J connectivity index is 2.14. The Morgan fingerprint density at radius 1 is 1.09 bits per heavy atom. The van der Waals surface area contributed by atoms with E-state index in [2.05, 4.69) is 22.1 Å². The van der Waals surface area contributed by atoms with Crippen LogP contribution in [0.3, 0.4) is 0 Å². The highest BCUT2D eigenvalue weighted by Gasteiger charge is 2.13. The summed E-state index contributed by atoms with van der Waals surface area (Å²) in [4.78, 5) is 23.0. The molecule has 0 unspecified atom stereocenters. The van der Waals surface area contributed by atoms with Gasteiger partial charge in [0.2, 0.25) is 5.91 Å². The summed E-state index contributed by atoms with van der Waals surface area (Å²) in [6.07, 6.45) is 6.54. The summed E-state index contributed by atoms with van der Waals surface area (Å²) in [7, 11) is 3.54. The summed E-state index contributed by atoms with van der Waals surface area (Å²) in [6.45, 7) is 0. The van der Waals surface area contributed by atoms with Gasteiger partial charge in [-0.25, -0.2) is 9.97 Å². The molecule has 0 saturated heterocycles. The van der Waals surface area contributed by atoms with E-state index in [0.29, 0.717) is 12.2 Å².